The maximum atomic E-state index is 6.48. The molecule has 7 heteroatoms. The van der Waals surface area contributed by atoms with Crippen LogP contribution in [0.25, 0.3) is 5.69 Å². The van der Waals surface area contributed by atoms with Crippen LogP contribution in [0.4, 0.5) is 0 Å². The van der Waals surface area contributed by atoms with Gasteiger partial charge in [-0.2, -0.15) is 4.68 Å². The Morgan fingerprint density at radius 3 is 2.57 bits per heavy atom. The lowest BCUT2D eigenvalue weighted by molar-refractivity contribution is 0.414. The molecule has 0 saturated carbocycles. The molecule has 0 fully saturated rings. The van der Waals surface area contributed by atoms with Crippen LogP contribution in [0, 0.1) is 0 Å². The topological polar surface area (TPSA) is 52.8 Å². The van der Waals surface area contributed by atoms with E-state index in [9.17, 15) is 0 Å². The zero-order valence-electron chi connectivity index (χ0n) is 12.5. The molecular weight excluding hydrogens is 332 g/mol. The quantitative estimate of drug-likeness (QED) is 0.502. The Kier molecular flexibility index (Phi) is 5.15. The third-order valence-electron chi connectivity index (χ3n) is 3.28. The van der Waals surface area contributed by atoms with Crippen molar-refractivity contribution in [3.05, 3.63) is 60.2 Å². The van der Waals surface area contributed by atoms with Gasteiger partial charge in [0.15, 0.2) is 0 Å². The van der Waals surface area contributed by atoms with E-state index in [4.69, 9.17) is 16.3 Å². The molecule has 0 aliphatic heterocycles. The van der Waals surface area contributed by atoms with Crippen LogP contribution in [0.3, 0.4) is 0 Å². The van der Waals surface area contributed by atoms with E-state index in [-0.39, 0.29) is 5.38 Å². The summed E-state index contributed by atoms with van der Waals surface area (Å²) in [7, 11) is 1.65. The maximum Gasteiger partial charge on any atom is 0.214 e. The first-order valence-corrected chi connectivity index (χ1v) is 8.45. The van der Waals surface area contributed by atoms with Gasteiger partial charge in [0.05, 0.1) is 18.2 Å². The first kappa shape index (κ1) is 15.8. The number of para-hydroxylation sites is 1. The van der Waals surface area contributed by atoms with Crippen LogP contribution in [0.15, 0.2) is 59.8 Å². The molecule has 0 radical (unpaired) electrons. The molecule has 0 spiro atoms. The molecule has 5 nitrogen and oxygen atoms in total. The molecule has 0 unspecified atom stereocenters. The van der Waals surface area contributed by atoms with Gasteiger partial charge < -0.3 is 4.74 Å². The van der Waals surface area contributed by atoms with E-state index < -0.39 is 0 Å². The summed E-state index contributed by atoms with van der Waals surface area (Å²) in [5, 5.41) is 12.4. The maximum absolute atomic E-state index is 6.48. The molecule has 1 atom stereocenters. The Morgan fingerprint density at radius 1 is 1.13 bits per heavy atom. The largest absolute Gasteiger partial charge is 0.497 e. The van der Waals surface area contributed by atoms with Crippen molar-refractivity contribution in [2.24, 2.45) is 0 Å². The van der Waals surface area contributed by atoms with E-state index in [1.807, 2.05) is 54.6 Å². The number of aromatic nitrogens is 4. The summed E-state index contributed by atoms with van der Waals surface area (Å²) in [6, 6.07) is 17.5. The molecule has 23 heavy (non-hydrogen) atoms. The SMILES string of the molecule is COc1ccc([C@@H](Cl)CSc2nnnn2-c2ccccc2)cc1. The van der Waals surface area contributed by atoms with Gasteiger partial charge >= 0.3 is 0 Å². The molecule has 1 heterocycles. The Morgan fingerprint density at radius 2 is 1.87 bits per heavy atom. The van der Waals surface area contributed by atoms with Gasteiger partial charge in [0, 0.05) is 5.75 Å². The van der Waals surface area contributed by atoms with Crippen LogP contribution in [0.2, 0.25) is 0 Å². The summed E-state index contributed by atoms with van der Waals surface area (Å²) < 4.78 is 6.86. The van der Waals surface area contributed by atoms with Gasteiger partial charge in [0.25, 0.3) is 0 Å². The third-order valence-corrected chi connectivity index (χ3v) is 4.88. The molecule has 0 amide bonds. The predicted molar refractivity (Wildman–Crippen MR) is 91.5 cm³/mol. The van der Waals surface area contributed by atoms with Crippen LogP contribution >= 0.6 is 23.4 Å². The van der Waals surface area contributed by atoms with Crippen molar-refractivity contribution < 1.29 is 4.74 Å². The lowest BCUT2D eigenvalue weighted by Crippen LogP contribution is -2.00. The summed E-state index contributed by atoms with van der Waals surface area (Å²) in [6.45, 7) is 0. The Labute approximate surface area is 143 Å². The van der Waals surface area contributed by atoms with Crippen molar-refractivity contribution in [3.63, 3.8) is 0 Å². The van der Waals surface area contributed by atoms with E-state index >= 15 is 0 Å². The fraction of sp³-hybridized carbons (Fsp3) is 0.188. The second-order valence-corrected chi connectivity index (χ2v) is 6.27. The van der Waals surface area contributed by atoms with Gasteiger partial charge in [0.1, 0.15) is 5.75 Å². The fourth-order valence-corrected chi connectivity index (χ4v) is 3.24. The number of benzene rings is 2. The number of hydrogen-bond acceptors (Lipinski definition) is 5. The molecule has 118 valence electrons. The normalized spacial score (nSPS) is 12.1. The first-order chi connectivity index (χ1) is 11.3. The van der Waals surface area contributed by atoms with Gasteiger partial charge in [-0.25, -0.2) is 0 Å². The second kappa shape index (κ2) is 7.48. The van der Waals surface area contributed by atoms with Gasteiger partial charge in [-0.1, -0.05) is 42.1 Å². The molecular formula is C16H15ClN4OS. The smallest absolute Gasteiger partial charge is 0.214 e. The lowest BCUT2D eigenvalue weighted by Gasteiger charge is -2.10. The van der Waals surface area contributed by atoms with Crippen molar-refractivity contribution in [2.75, 3.05) is 12.9 Å². The number of tetrazole rings is 1. The number of alkyl halides is 1. The Bertz CT molecular complexity index is 748. The highest BCUT2D eigenvalue weighted by Crippen LogP contribution is 2.29. The van der Waals surface area contributed by atoms with Crippen LogP contribution < -0.4 is 4.74 Å². The zero-order valence-corrected chi connectivity index (χ0v) is 14.0. The Balaban J connectivity index is 1.68. The highest BCUT2D eigenvalue weighted by Gasteiger charge is 2.13. The lowest BCUT2D eigenvalue weighted by atomic mass is 10.1. The average Bonchev–Trinajstić information content (AvgIpc) is 3.09. The van der Waals surface area contributed by atoms with Crippen molar-refractivity contribution in [1.82, 2.24) is 20.2 Å². The Hall–Kier alpha value is -2.05. The van der Waals surface area contributed by atoms with Crippen molar-refractivity contribution in [2.45, 2.75) is 10.5 Å². The number of halogens is 1. The molecule has 2 aromatic carbocycles. The van der Waals surface area contributed by atoms with Crippen LogP contribution in [-0.4, -0.2) is 33.1 Å². The third kappa shape index (κ3) is 3.83. The van der Waals surface area contributed by atoms with Crippen molar-refractivity contribution >= 4 is 23.4 Å². The van der Waals surface area contributed by atoms with E-state index in [0.29, 0.717) is 5.75 Å². The highest BCUT2D eigenvalue weighted by atomic mass is 35.5. The highest BCUT2D eigenvalue weighted by molar-refractivity contribution is 7.99. The number of rotatable bonds is 6. The van der Waals surface area contributed by atoms with E-state index in [1.54, 1.807) is 11.8 Å². The molecule has 3 rings (SSSR count). The standard InChI is InChI=1S/C16H15ClN4OS/c1-22-14-9-7-12(8-10-14)15(17)11-23-16-18-19-20-21(16)13-5-3-2-4-6-13/h2-10,15H,11H2,1H3/t15-/m0/s1. The molecule has 0 N–H and O–H groups in total. The summed E-state index contributed by atoms with van der Waals surface area (Å²) in [5.41, 5.74) is 1.97. The van der Waals surface area contributed by atoms with Gasteiger partial charge in [0.2, 0.25) is 5.16 Å². The summed E-state index contributed by atoms with van der Waals surface area (Å²) in [5.74, 6) is 1.49. The predicted octanol–water partition coefficient (Wildman–Crippen LogP) is 3.74. The first-order valence-electron chi connectivity index (χ1n) is 7.02. The van der Waals surface area contributed by atoms with Crippen molar-refractivity contribution in [1.29, 1.82) is 0 Å². The second-order valence-electron chi connectivity index (χ2n) is 4.76. The van der Waals surface area contributed by atoms with Crippen LogP contribution in [0.1, 0.15) is 10.9 Å². The van der Waals surface area contributed by atoms with E-state index in [1.165, 1.54) is 11.8 Å². The molecule has 1 aromatic heterocycles. The van der Waals surface area contributed by atoms with Gasteiger partial charge in [-0.15, -0.1) is 16.7 Å². The number of nitrogens with zero attached hydrogens (tertiary/aromatic N) is 4. The fourth-order valence-electron chi connectivity index (χ4n) is 2.06. The summed E-state index contributed by atoms with van der Waals surface area (Å²) in [6.07, 6.45) is 0. The molecule has 0 saturated heterocycles. The molecule has 0 aliphatic carbocycles. The minimum atomic E-state index is -0.133. The summed E-state index contributed by atoms with van der Waals surface area (Å²) >= 11 is 8.00. The monoisotopic (exact) mass is 346 g/mol. The van der Waals surface area contributed by atoms with Gasteiger partial charge in [-0.05, 0) is 40.3 Å². The summed E-state index contributed by atoms with van der Waals surface area (Å²) in [4.78, 5) is 0. The number of thioether (sulfide) groups is 1. The molecule has 3 aromatic rings. The van der Waals surface area contributed by atoms with Gasteiger partial charge in [-0.3, -0.25) is 0 Å². The van der Waals surface area contributed by atoms with Crippen molar-refractivity contribution in [3.8, 4) is 11.4 Å². The van der Waals surface area contributed by atoms with E-state index in [0.717, 1.165) is 22.2 Å². The zero-order chi connectivity index (χ0) is 16.1. The average molecular weight is 347 g/mol. The number of methoxy groups -OCH3 is 1. The van der Waals surface area contributed by atoms with Crippen LogP contribution in [-0.2, 0) is 0 Å². The number of hydrogen-bond donors (Lipinski definition) is 0. The van der Waals surface area contributed by atoms with E-state index in [2.05, 4.69) is 15.5 Å². The minimum Gasteiger partial charge on any atom is -0.497 e. The molecule has 0 bridgehead atoms. The number of ether oxygens (including phenoxy) is 1. The molecule has 0 aliphatic rings. The van der Waals surface area contributed by atoms with Crippen LogP contribution in [0.5, 0.6) is 5.75 Å². The minimum absolute atomic E-state index is 0.133.